The van der Waals surface area contributed by atoms with Crippen LogP contribution in [-0.4, -0.2) is 41.4 Å². The summed E-state index contributed by atoms with van der Waals surface area (Å²) in [4.78, 5) is 7.77. The van der Waals surface area contributed by atoms with Gasteiger partial charge in [-0.2, -0.15) is 0 Å². The molecule has 1 aromatic heterocycles. The van der Waals surface area contributed by atoms with E-state index >= 15 is 0 Å². The fraction of sp³-hybridized carbons (Fsp3) is 0.556. The molecule has 1 heterocycles. The summed E-state index contributed by atoms with van der Waals surface area (Å²) < 4.78 is 5.01. The van der Waals surface area contributed by atoms with E-state index in [-0.39, 0.29) is 12.6 Å². The first-order valence-corrected chi connectivity index (χ1v) is 4.97. The van der Waals surface area contributed by atoms with Gasteiger partial charge in [-0.1, -0.05) is 11.6 Å². The molecule has 1 aromatic rings. The number of nitrogens with one attached hydrogen (secondary N) is 1. The predicted octanol–water partition coefficient (Wildman–Crippen LogP) is 0.939. The number of nitrogens with zero attached hydrogens (tertiary/aromatic N) is 2. The van der Waals surface area contributed by atoms with E-state index in [0.29, 0.717) is 23.9 Å². The van der Waals surface area contributed by atoms with Crippen molar-refractivity contribution in [3.8, 4) is 0 Å². The van der Waals surface area contributed by atoms with Gasteiger partial charge in [0.05, 0.1) is 18.8 Å². The molecular weight excluding hydrogens is 218 g/mol. The molecule has 15 heavy (non-hydrogen) atoms. The molecule has 0 aliphatic heterocycles. The average Bonchev–Trinajstić information content (AvgIpc) is 2.22. The maximum absolute atomic E-state index is 8.85. The van der Waals surface area contributed by atoms with Gasteiger partial charge in [-0.15, -0.1) is 0 Å². The third-order valence-corrected chi connectivity index (χ3v) is 2.13. The lowest BCUT2D eigenvalue weighted by molar-refractivity contribution is 0.170. The first-order valence-electron chi connectivity index (χ1n) is 4.59. The lowest BCUT2D eigenvalue weighted by Crippen LogP contribution is -2.26. The highest BCUT2D eigenvalue weighted by molar-refractivity contribution is 6.32. The summed E-state index contributed by atoms with van der Waals surface area (Å²) in [6.07, 6.45) is 3.50. The van der Waals surface area contributed by atoms with E-state index in [2.05, 4.69) is 15.3 Å². The number of methoxy groups -OCH3 is 1. The molecule has 0 fully saturated rings. The molecule has 0 saturated carbocycles. The molecular formula is C9H14ClN3O2. The van der Waals surface area contributed by atoms with Gasteiger partial charge in [0.2, 0.25) is 0 Å². The number of anilines is 1. The van der Waals surface area contributed by atoms with Crippen molar-refractivity contribution in [1.82, 2.24) is 9.97 Å². The molecule has 6 heteroatoms. The molecule has 0 amide bonds. The summed E-state index contributed by atoms with van der Waals surface area (Å²) >= 11 is 5.88. The van der Waals surface area contributed by atoms with Crippen LogP contribution in [0.1, 0.15) is 6.42 Å². The van der Waals surface area contributed by atoms with E-state index in [0.717, 1.165) is 0 Å². The van der Waals surface area contributed by atoms with Gasteiger partial charge in [-0.3, -0.25) is 0 Å². The zero-order chi connectivity index (χ0) is 11.1. The Morgan fingerprint density at radius 2 is 2.47 bits per heavy atom. The Labute approximate surface area is 93.5 Å². The molecule has 0 aliphatic rings. The van der Waals surface area contributed by atoms with Crippen molar-refractivity contribution in [3.63, 3.8) is 0 Å². The molecule has 1 atom stereocenters. The summed E-state index contributed by atoms with van der Waals surface area (Å²) in [7, 11) is 1.60. The molecule has 0 spiro atoms. The Balaban J connectivity index is 2.60. The fourth-order valence-corrected chi connectivity index (χ4v) is 1.33. The number of aromatic nitrogens is 2. The van der Waals surface area contributed by atoms with Crippen molar-refractivity contribution in [2.75, 3.05) is 25.6 Å². The lowest BCUT2D eigenvalue weighted by Gasteiger charge is -2.17. The highest BCUT2D eigenvalue weighted by Gasteiger charge is 2.10. The van der Waals surface area contributed by atoms with Crippen molar-refractivity contribution in [2.24, 2.45) is 0 Å². The second-order valence-electron chi connectivity index (χ2n) is 3.03. The van der Waals surface area contributed by atoms with E-state index < -0.39 is 0 Å². The third-order valence-electron chi connectivity index (χ3n) is 1.85. The summed E-state index contributed by atoms with van der Waals surface area (Å²) in [5, 5.41) is 12.4. The Kier molecular flexibility index (Phi) is 5.31. The Morgan fingerprint density at radius 3 is 3.07 bits per heavy atom. The van der Waals surface area contributed by atoms with Gasteiger partial charge in [-0.25, -0.2) is 9.97 Å². The van der Waals surface area contributed by atoms with Gasteiger partial charge >= 0.3 is 0 Å². The zero-order valence-corrected chi connectivity index (χ0v) is 9.24. The van der Waals surface area contributed by atoms with Gasteiger partial charge in [0.25, 0.3) is 0 Å². The van der Waals surface area contributed by atoms with E-state index in [9.17, 15) is 0 Å². The van der Waals surface area contributed by atoms with Crippen LogP contribution in [0.5, 0.6) is 0 Å². The normalized spacial score (nSPS) is 12.5. The number of rotatable bonds is 6. The van der Waals surface area contributed by atoms with E-state index in [4.69, 9.17) is 21.4 Å². The maximum atomic E-state index is 8.85. The molecule has 0 aromatic carbocycles. The van der Waals surface area contributed by atoms with Crippen LogP contribution in [0, 0.1) is 0 Å². The number of halogens is 1. The predicted molar refractivity (Wildman–Crippen MR) is 58.0 cm³/mol. The van der Waals surface area contributed by atoms with Gasteiger partial charge in [0.15, 0.2) is 0 Å². The monoisotopic (exact) mass is 231 g/mol. The molecule has 2 N–H and O–H groups in total. The van der Waals surface area contributed by atoms with E-state index in [1.807, 2.05) is 0 Å². The molecule has 0 bridgehead atoms. The number of aliphatic hydroxyl groups is 1. The van der Waals surface area contributed by atoms with Crippen LogP contribution in [0.2, 0.25) is 5.02 Å². The van der Waals surface area contributed by atoms with Crippen molar-refractivity contribution < 1.29 is 9.84 Å². The Hall–Kier alpha value is -0.910. The number of hydrogen-bond donors (Lipinski definition) is 2. The summed E-state index contributed by atoms with van der Waals surface area (Å²) in [5.41, 5.74) is 0. The van der Waals surface area contributed by atoms with Crippen molar-refractivity contribution in [2.45, 2.75) is 12.5 Å². The summed E-state index contributed by atoms with van der Waals surface area (Å²) in [5.74, 6) is 0.558. The fourth-order valence-electron chi connectivity index (χ4n) is 1.17. The quantitative estimate of drug-likeness (QED) is 0.763. The molecule has 1 unspecified atom stereocenters. The first-order chi connectivity index (χ1) is 7.27. The minimum Gasteiger partial charge on any atom is -0.396 e. The maximum Gasteiger partial charge on any atom is 0.148 e. The highest BCUT2D eigenvalue weighted by Crippen LogP contribution is 2.17. The van der Waals surface area contributed by atoms with Crippen molar-refractivity contribution >= 4 is 17.4 Å². The molecule has 1 rings (SSSR count). The molecule has 0 radical (unpaired) electrons. The Morgan fingerprint density at radius 1 is 1.67 bits per heavy atom. The van der Waals surface area contributed by atoms with Gasteiger partial charge in [0.1, 0.15) is 17.2 Å². The first kappa shape index (κ1) is 12.2. The molecule has 0 aliphatic carbocycles. The minimum atomic E-state index is -0.00704. The minimum absolute atomic E-state index is 0.00704. The average molecular weight is 232 g/mol. The summed E-state index contributed by atoms with van der Waals surface area (Å²) in [6, 6.07) is -0.00704. The van der Waals surface area contributed by atoms with Crippen LogP contribution < -0.4 is 5.32 Å². The largest absolute Gasteiger partial charge is 0.396 e. The molecule has 5 nitrogen and oxygen atoms in total. The lowest BCUT2D eigenvalue weighted by atomic mass is 10.2. The third kappa shape index (κ3) is 3.99. The number of ether oxygens (including phenoxy) is 1. The van der Waals surface area contributed by atoms with Crippen molar-refractivity contribution in [3.05, 3.63) is 17.5 Å². The van der Waals surface area contributed by atoms with Crippen LogP contribution in [0.15, 0.2) is 12.5 Å². The highest BCUT2D eigenvalue weighted by atomic mass is 35.5. The number of aliphatic hydroxyl groups excluding tert-OH is 1. The van der Waals surface area contributed by atoms with Crippen molar-refractivity contribution in [1.29, 1.82) is 0 Å². The SMILES string of the molecule is COCC(CCO)Nc1ncncc1Cl. The zero-order valence-electron chi connectivity index (χ0n) is 8.48. The molecule has 0 saturated heterocycles. The van der Waals surface area contributed by atoms with Gasteiger partial charge in [-0.05, 0) is 6.42 Å². The second-order valence-corrected chi connectivity index (χ2v) is 3.44. The standard InChI is InChI=1S/C9H14ClN3O2/c1-15-5-7(2-3-14)13-9-8(10)4-11-6-12-9/h4,6-7,14H,2-3,5H2,1H3,(H,11,12,13). The van der Waals surface area contributed by atoms with Gasteiger partial charge < -0.3 is 15.2 Å². The second kappa shape index (κ2) is 6.55. The molecule has 84 valence electrons. The van der Waals surface area contributed by atoms with Crippen LogP contribution >= 0.6 is 11.6 Å². The van der Waals surface area contributed by atoms with Crippen LogP contribution in [0.25, 0.3) is 0 Å². The number of hydrogen-bond acceptors (Lipinski definition) is 5. The smallest absolute Gasteiger partial charge is 0.148 e. The Bertz CT molecular complexity index is 292. The van der Waals surface area contributed by atoms with E-state index in [1.54, 1.807) is 7.11 Å². The topological polar surface area (TPSA) is 67.3 Å². The van der Waals surface area contributed by atoms with E-state index in [1.165, 1.54) is 12.5 Å². The van der Waals surface area contributed by atoms with Crippen LogP contribution in [0.4, 0.5) is 5.82 Å². The van der Waals surface area contributed by atoms with Crippen LogP contribution in [-0.2, 0) is 4.74 Å². The van der Waals surface area contributed by atoms with Gasteiger partial charge in [0, 0.05) is 13.7 Å². The summed E-state index contributed by atoms with van der Waals surface area (Å²) in [6.45, 7) is 0.574. The van der Waals surface area contributed by atoms with Crippen LogP contribution in [0.3, 0.4) is 0 Å².